The summed E-state index contributed by atoms with van der Waals surface area (Å²) in [7, 11) is 5.52. The van der Waals surface area contributed by atoms with E-state index in [4.69, 9.17) is 14.2 Å². The van der Waals surface area contributed by atoms with Crippen molar-refractivity contribution >= 4 is 0 Å². The van der Waals surface area contributed by atoms with E-state index in [1.54, 1.807) is 0 Å². The van der Waals surface area contributed by atoms with Crippen LogP contribution in [0.2, 0.25) is 0 Å². The van der Waals surface area contributed by atoms with Crippen LogP contribution in [0, 0.1) is 5.95 Å². The molecule has 1 aromatic rings. The van der Waals surface area contributed by atoms with E-state index in [1.807, 2.05) is 7.05 Å². The SMILES string of the molecule is COc1cc(OC[C@@H]2CCN2C)c(OC[C@@H]2CCN2C)nc1F. The Balaban J connectivity index is 1.68. The average Bonchev–Trinajstić information content (AvgIpc) is 2.53. The van der Waals surface area contributed by atoms with Crippen LogP contribution in [0.15, 0.2) is 6.07 Å². The first-order chi connectivity index (χ1) is 11.1. The van der Waals surface area contributed by atoms with Crippen molar-refractivity contribution in [1.82, 2.24) is 14.8 Å². The molecule has 0 aromatic carbocycles. The largest absolute Gasteiger partial charge is 0.492 e. The molecule has 1 aromatic heterocycles. The molecule has 3 rings (SSSR count). The summed E-state index contributed by atoms with van der Waals surface area (Å²) in [6.45, 7) is 3.16. The molecule has 7 heteroatoms. The van der Waals surface area contributed by atoms with Gasteiger partial charge in [0, 0.05) is 18.2 Å². The summed E-state index contributed by atoms with van der Waals surface area (Å²) < 4.78 is 30.4. The van der Waals surface area contributed by atoms with E-state index in [0.29, 0.717) is 31.0 Å². The summed E-state index contributed by atoms with van der Waals surface area (Å²) in [4.78, 5) is 8.29. The number of hydrogen-bond acceptors (Lipinski definition) is 6. The molecule has 0 saturated carbocycles. The maximum atomic E-state index is 13.9. The zero-order valence-corrected chi connectivity index (χ0v) is 13.9. The smallest absolute Gasteiger partial charge is 0.260 e. The lowest BCUT2D eigenvalue weighted by Crippen LogP contribution is -2.48. The molecular weight excluding hydrogens is 301 g/mol. The van der Waals surface area contributed by atoms with Gasteiger partial charge in [0.25, 0.3) is 11.8 Å². The Hall–Kier alpha value is -1.60. The van der Waals surface area contributed by atoms with E-state index in [-0.39, 0.29) is 11.6 Å². The summed E-state index contributed by atoms with van der Waals surface area (Å²) >= 11 is 0. The van der Waals surface area contributed by atoms with Crippen molar-refractivity contribution in [2.24, 2.45) is 0 Å². The fourth-order valence-corrected chi connectivity index (χ4v) is 2.71. The van der Waals surface area contributed by atoms with Crippen LogP contribution in [0.25, 0.3) is 0 Å². The number of nitrogens with zero attached hydrogens (tertiary/aromatic N) is 3. The maximum absolute atomic E-state index is 13.9. The lowest BCUT2D eigenvalue weighted by atomic mass is 10.1. The maximum Gasteiger partial charge on any atom is 0.260 e. The van der Waals surface area contributed by atoms with Crippen LogP contribution in [-0.2, 0) is 0 Å². The van der Waals surface area contributed by atoms with Gasteiger partial charge in [-0.25, -0.2) is 0 Å². The molecule has 0 amide bonds. The van der Waals surface area contributed by atoms with Gasteiger partial charge >= 0.3 is 0 Å². The molecule has 2 fully saturated rings. The highest BCUT2D eigenvalue weighted by atomic mass is 19.1. The minimum Gasteiger partial charge on any atom is -0.492 e. The van der Waals surface area contributed by atoms with Gasteiger partial charge in [0.1, 0.15) is 13.2 Å². The Morgan fingerprint density at radius 1 is 1.09 bits per heavy atom. The number of pyridine rings is 1. The number of ether oxygens (including phenoxy) is 3. The predicted molar refractivity (Wildman–Crippen MR) is 83.8 cm³/mol. The lowest BCUT2D eigenvalue weighted by Gasteiger charge is -2.38. The molecule has 0 unspecified atom stereocenters. The predicted octanol–water partition coefficient (Wildman–Crippen LogP) is 1.40. The Morgan fingerprint density at radius 2 is 1.70 bits per heavy atom. The summed E-state index contributed by atoms with van der Waals surface area (Å²) in [5.74, 6) is 0.0174. The van der Waals surface area contributed by atoms with Gasteiger partial charge in [-0.1, -0.05) is 0 Å². The summed E-state index contributed by atoms with van der Waals surface area (Å²) in [6.07, 6.45) is 2.18. The van der Waals surface area contributed by atoms with Crippen LogP contribution in [0.4, 0.5) is 4.39 Å². The van der Waals surface area contributed by atoms with Gasteiger partial charge in [-0.05, 0) is 40.0 Å². The molecule has 23 heavy (non-hydrogen) atoms. The van der Waals surface area contributed by atoms with E-state index < -0.39 is 5.95 Å². The Bertz CT molecular complexity index is 558. The molecule has 0 N–H and O–H groups in total. The second kappa shape index (κ2) is 6.88. The molecule has 6 nitrogen and oxygen atoms in total. The number of halogens is 1. The van der Waals surface area contributed by atoms with Crippen LogP contribution < -0.4 is 14.2 Å². The lowest BCUT2D eigenvalue weighted by molar-refractivity contribution is 0.0640. The first-order valence-electron chi connectivity index (χ1n) is 7.99. The van der Waals surface area contributed by atoms with Crippen LogP contribution in [0.5, 0.6) is 17.4 Å². The number of aromatic nitrogens is 1. The van der Waals surface area contributed by atoms with Crippen molar-refractivity contribution in [2.75, 3.05) is 47.5 Å². The van der Waals surface area contributed by atoms with Crippen LogP contribution >= 0.6 is 0 Å². The number of likely N-dealkylation sites (N-methyl/N-ethyl adjacent to an activating group) is 2. The normalized spacial score (nSPS) is 24.7. The number of likely N-dealkylation sites (tertiary alicyclic amines) is 2. The molecule has 0 spiro atoms. The minimum atomic E-state index is -0.683. The van der Waals surface area contributed by atoms with E-state index in [1.165, 1.54) is 13.2 Å². The van der Waals surface area contributed by atoms with E-state index in [0.717, 1.165) is 25.9 Å². The van der Waals surface area contributed by atoms with Gasteiger partial charge in [0.2, 0.25) is 0 Å². The molecule has 128 valence electrons. The van der Waals surface area contributed by atoms with Gasteiger partial charge in [0.15, 0.2) is 11.5 Å². The highest BCUT2D eigenvalue weighted by Crippen LogP contribution is 2.32. The standard InChI is InChI=1S/C16H24FN3O3/c1-19-6-4-11(19)9-22-14-8-13(21-3)15(17)18-16(14)23-10-12-5-7-20(12)2/h8,11-12H,4-7,9-10H2,1-3H3/t11-,12-/m0/s1. The highest BCUT2D eigenvalue weighted by molar-refractivity contribution is 5.40. The fraction of sp³-hybridized carbons (Fsp3) is 0.688. The van der Waals surface area contributed by atoms with Crippen LogP contribution in [-0.4, -0.2) is 74.4 Å². The van der Waals surface area contributed by atoms with E-state index in [2.05, 4.69) is 21.8 Å². The van der Waals surface area contributed by atoms with Gasteiger partial charge in [-0.15, -0.1) is 0 Å². The van der Waals surface area contributed by atoms with Gasteiger partial charge in [0.05, 0.1) is 7.11 Å². The fourth-order valence-electron chi connectivity index (χ4n) is 2.71. The van der Waals surface area contributed by atoms with Gasteiger partial charge < -0.3 is 14.2 Å². The molecule has 0 bridgehead atoms. The molecule has 3 heterocycles. The van der Waals surface area contributed by atoms with Crippen molar-refractivity contribution in [1.29, 1.82) is 0 Å². The zero-order valence-electron chi connectivity index (χ0n) is 13.9. The highest BCUT2D eigenvalue weighted by Gasteiger charge is 2.27. The molecular formula is C16H24FN3O3. The Kier molecular flexibility index (Phi) is 4.87. The first-order valence-corrected chi connectivity index (χ1v) is 7.99. The zero-order chi connectivity index (χ0) is 16.4. The first kappa shape index (κ1) is 16.3. The molecule has 0 aliphatic carbocycles. The average molecular weight is 325 g/mol. The molecule has 2 saturated heterocycles. The number of rotatable bonds is 7. The third-order valence-corrected chi connectivity index (χ3v) is 4.82. The number of hydrogen-bond donors (Lipinski definition) is 0. The van der Waals surface area contributed by atoms with E-state index in [9.17, 15) is 4.39 Å². The molecule has 2 atom stereocenters. The second-order valence-electron chi connectivity index (χ2n) is 6.25. The quantitative estimate of drug-likeness (QED) is 0.706. The Morgan fingerprint density at radius 3 is 2.17 bits per heavy atom. The summed E-state index contributed by atoms with van der Waals surface area (Å²) in [6, 6.07) is 2.25. The van der Waals surface area contributed by atoms with Crippen molar-refractivity contribution in [3.05, 3.63) is 12.0 Å². The third kappa shape index (κ3) is 3.50. The van der Waals surface area contributed by atoms with E-state index >= 15 is 0 Å². The molecule has 2 aliphatic rings. The molecule has 2 aliphatic heterocycles. The topological polar surface area (TPSA) is 47.1 Å². The summed E-state index contributed by atoms with van der Waals surface area (Å²) in [5, 5.41) is 0. The van der Waals surface area contributed by atoms with Gasteiger partial charge in [-0.2, -0.15) is 9.37 Å². The number of methoxy groups -OCH3 is 1. The minimum absolute atomic E-state index is 0.0649. The van der Waals surface area contributed by atoms with Crippen molar-refractivity contribution < 1.29 is 18.6 Å². The van der Waals surface area contributed by atoms with Gasteiger partial charge in [-0.3, -0.25) is 9.80 Å². The van der Waals surface area contributed by atoms with Crippen LogP contribution in [0.3, 0.4) is 0 Å². The Labute approximate surface area is 136 Å². The van der Waals surface area contributed by atoms with Crippen molar-refractivity contribution in [3.8, 4) is 17.4 Å². The second-order valence-corrected chi connectivity index (χ2v) is 6.25. The summed E-state index contributed by atoms with van der Waals surface area (Å²) in [5.41, 5.74) is 0. The van der Waals surface area contributed by atoms with Crippen molar-refractivity contribution in [2.45, 2.75) is 24.9 Å². The van der Waals surface area contributed by atoms with Crippen molar-refractivity contribution in [3.63, 3.8) is 0 Å². The third-order valence-electron chi connectivity index (χ3n) is 4.82. The monoisotopic (exact) mass is 325 g/mol. The van der Waals surface area contributed by atoms with Crippen LogP contribution in [0.1, 0.15) is 12.8 Å². The molecule has 0 radical (unpaired) electrons.